The first kappa shape index (κ1) is 14.1. The molecule has 3 aromatic rings. The highest BCUT2D eigenvalue weighted by Crippen LogP contribution is 2.22. The van der Waals surface area contributed by atoms with Crippen LogP contribution in [0.15, 0.2) is 51.4 Å². The van der Waals surface area contributed by atoms with Gasteiger partial charge >= 0.3 is 0 Å². The lowest BCUT2D eigenvalue weighted by atomic mass is 10.2. The van der Waals surface area contributed by atoms with Gasteiger partial charge in [-0.1, -0.05) is 34.1 Å². The third-order valence-electron chi connectivity index (χ3n) is 3.27. The monoisotopic (exact) mass is 345 g/mol. The van der Waals surface area contributed by atoms with Crippen LogP contribution in [0.5, 0.6) is 0 Å². The van der Waals surface area contributed by atoms with E-state index in [9.17, 15) is 0 Å². The van der Waals surface area contributed by atoms with E-state index in [1.165, 1.54) is 5.56 Å². The van der Waals surface area contributed by atoms with Crippen molar-refractivity contribution in [3.05, 3.63) is 58.4 Å². The number of hydrogen-bond acceptors (Lipinski definition) is 4. The van der Waals surface area contributed by atoms with E-state index in [1.54, 1.807) is 0 Å². The van der Waals surface area contributed by atoms with Crippen LogP contribution in [-0.4, -0.2) is 16.9 Å². The van der Waals surface area contributed by atoms with E-state index in [1.807, 2.05) is 37.4 Å². The molecule has 0 saturated carbocycles. The first-order chi connectivity index (χ1) is 10.1. The number of nitrogen functional groups attached to an aromatic ring is 1. The van der Waals surface area contributed by atoms with Crippen molar-refractivity contribution < 1.29 is 4.42 Å². The minimum atomic E-state index is 0.643. The second-order valence-corrected chi connectivity index (χ2v) is 6.02. The zero-order chi connectivity index (χ0) is 14.8. The van der Waals surface area contributed by atoms with E-state index in [0.717, 1.165) is 22.1 Å². The highest BCUT2D eigenvalue weighted by atomic mass is 79.9. The maximum absolute atomic E-state index is 5.90. The van der Waals surface area contributed by atoms with E-state index >= 15 is 0 Å². The van der Waals surface area contributed by atoms with E-state index in [2.05, 4.69) is 37.9 Å². The van der Waals surface area contributed by atoms with Gasteiger partial charge < -0.3 is 10.2 Å². The Morgan fingerprint density at radius 3 is 2.62 bits per heavy atom. The van der Waals surface area contributed by atoms with Crippen molar-refractivity contribution in [3.63, 3.8) is 0 Å². The van der Waals surface area contributed by atoms with Crippen LogP contribution < -0.4 is 5.73 Å². The Bertz CT molecular complexity index is 752. The van der Waals surface area contributed by atoms with Gasteiger partial charge in [-0.05, 0) is 36.9 Å². The number of halogens is 1. The van der Waals surface area contributed by atoms with Crippen molar-refractivity contribution in [2.75, 3.05) is 12.8 Å². The molecular formula is C16H16BrN3O. The van der Waals surface area contributed by atoms with Gasteiger partial charge in [0.2, 0.25) is 5.89 Å². The summed E-state index contributed by atoms with van der Waals surface area (Å²) in [6.07, 6.45) is 0. The zero-order valence-corrected chi connectivity index (χ0v) is 13.3. The summed E-state index contributed by atoms with van der Waals surface area (Å²) in [5.74, 6) is 0.683. The molecule has 4 nitrogen and oxygen atoms in total. The van der Waals surface area contributed by atoms with Gasteiger partial charge in [0.05, 0.1) is 12.2 Å². The molecule has 0 fully saturated rings. The number of nitrogens with two attached hydrogens (primary N) is 1. The van der Waals surface area contributed by atoms with Crippen LogP contribution in [0.3, 0.4) is 0 Å². The Hall–Kier alpha value is -1.85. The highest BCUT2D eigenvalue weighted by Gasteiger charge is 2.10. The minimum Gasteiger partial charge on any atom is -0.439 e. The van der Waals surface area contributed by atoms with Crippen molar-refractivity contribution in [3.8, 4) is 0 Å². The van der Waals surface area contributed by atoms with Gasteiger partial charge in [-0.15, -0.1) is 0 Å². The summed E-state index contributed by atoms with van der Waals surface area (Å²) >= 11 is 3.44. The molecule has 3 rings (SSSR count). The molecule has 0 aliphatic carbocycles. The molecule has 0 unspecified atom stereocenters. The fourth-order valence-corrected chi connectivity index (χ4v) is 2.54. The van der Waals surface area contributed by atoms with Crippen molar-refractivity contribution in [1.82, 2.24) is 9.88 Å². The first-order valence-electron chi connectivity index (χ1n) is 6.69. The predicted molar refractivity (Wildman–Crippen MR) is 87.7 cm³/mol. The average Bonchev–Trinajstić information content (AvgIpc) is 2.85. The summed E-state index contributed by atoms with van der Waals surface area (Å²) in [6.45, 7) is 1.48. The van der Waals surface area contributed by atoms with E-state index < -0.39 is 0 Å². The fourth-order valence-electron chi connectivity index (χ4n) is 2.27. The predicted octanol–water partition coefficient (Wildman–Crippen LogP) is 3.80. The number of aromatic nitrogens is 1. The summed E-state index contributed by atoms with van der Waals surface area (Å²) in [5, 5.41) is 0. The number of nitrogens with zero attached hydrogens (tertiary/aromatic N) is 2. The number of anilines is 1. The molecule has 0 atom stereocenters. The van der Waals surface area contributed by atoms with Crippen molar-refractivity contribution in [2.45, 2.75) is 13.1 Å². The van der Waals surface area contributed by atoms with E-state index in [4.69, 9.17) is 10.2 Å². The standard InChI is InChI=1S/C16H16BrN3O/c1-20(9-11-5-7-12(17)8-6-11)10-15-19-16-13(18)3-2-4-14(16)21-15/h2-8H,9-10,18H2,1H3. The summed E-state index contributed by atoms with van der Waals surface area (Å²) in [7, 11) is 2.04. The molecular weight excluding hydrogens is 330 g/mol. The molecule has 0 aliphatic rings. The lowest BCUT2D eigenvalue weighted by Gasteiger charge is -2.14. The Labute approximate surface area is 131 Å². The van der Waals surface area contributed by atoms with Gasteiger partial charge in [-0.3, -0.25) is 4.90 Å². The maximum atomic E-state index is 5.90. The van der Waals surface area contributed by atoms with E-state index in [-0.39, 0.29) is 0 Å². The third kappa shape index (κ3) is 3.25. The lowest BCUT2D eigenvalue weighted by Crippen LogP contribution is -2.17. The van der Waals surface area contributed by atoms with Crippen LogP contribution in [-0.2, 0) is 13.1 Å². The van der Waals surface area contributed by atoms with Gasteiger partial charge in [0.15, 0.2) is 5.58 Å². The zero-order valence-electron chi connectivity index (χ0n) is 11.7. The lowest BCUT2D eigenvalue weighted by molar-refractivity contribution is 0.285. The molecule has 0 saturated heterocycles. The van der Waals surface area contributed by atoms with Gasteiger partial charge in [-0.25, -0.2) is 4.98 Å². The highest BCUT2D eigenvalue weighted by molar-refractivity contribution is 9.10. The Kier molecular flexibility index (Phi) is 3.94. The third-order valence-corrected chi connectivity index (χ3v) is 3.79. The largest absolute Gasteiger partial charge is 0.439 e. The van der Waals surface area contributed by atoms with E-state index in [0.29, 0.717) is 18.1 Å². The second kappa shape index (κ2) is 5.87. The quantitative estimate of drug-likeness (QED) is 0.730. The second-order valence-electron chi connectivity index (χ2n) is 5.10. The van der Waals surface area contributed by atoms with Crippen LogP contribution in [0.2, 0.25) is 0 Å². The van der Waals surface area contributed by atoms with Crippen molar-refractivity contribution in [2.24, 2.45) is 0 Å². The van der Waals surface area contributed by atoms with Crippen LogP contribution in [0.1, 0.15) is 11.5 Å². The topological polar surface area (TPSA) is 55.3 Å². The molecule has 2 N–H and O–H groups in total. The molecule has 2 aromatic carbocycles. The number of para-hydroxylation sites is 1. The summed E-state index contributed by atoms with van der Waals surface area (Å²) < 4.78 is 6.82. The minimum absolute atomic E-state index is 0.643. The van der Waals surface area contributed by atoms with Crippen molar-refractivity contribution in [1.29, 1.82) is 0 Å². The Morgan fingerprint density at radius 1 is 1.14 bits per heavy atom. The maximum Gasteiger partial charge on any atom is 0.209 e. The first-order valence-corrected chi connectivity index (χ1v) is 7.48. The SMILES string of the molecule is CN(Cc1ccc(Br)cc1)Cc1nc2c(N)cccc2o1. The normalized spacial score (nSPS) is 11.4. The molecule has 1 aromatic heterocycles. The van der Waals surface area contributed by atoms with Crippen molar-refractivity contribution >= 4 is 32.7 Å². The number of rotatable bonds is 4. The smallest absolute Gasteiger partial charge is 0.209 e. The number of hydrogen-bond donors (Lipinski definition) is 1. The molecule has 0 amide bonds. The summed E-state index contributed by atoms with van der Waals surface area (Å²) in [4.78, 5) is 6.62. The molecule has 0 radical (unpaired) electrons. The molecule has 108 valence electrons. The molecule has 0 bridgehead atoms. The molecule has 5 heteroatoms. The molecule has 1 heterocycles. The van der Waals surface area contributed by atoms with Gasteiger partial charge in [0, 0.05) is 11.0 Å². The Morgan fingerprint density at radius 2 is 1.90 bits per heavy atom. The molecule has 21 heavy (non-hydrogen) atoms. The Balaban J connectivity index is 1.72. The van der Waals surface area contributed by atoms with Gasteiger partial charge in [-0.2, -0.15) is 0 Å². The number of fused-ring (bicyclic) bond motifs is 1. The summed E-state index contributed by atoms with van der Waals surface area (Å²) in [5.41, 5.74) is 9.27. The van der Waals surface area contributed by atoms with Crippen LogP contribution in [0, 0.1) is 0 Å². The summed E-state index contributed by atoms with van der Waals surface area (Å²) in [6, 6.07) is 13.9. The van der Waals surface area contributed by atoms with Gasteiger partial charge in [0.1, 0.15) is 5.52 Å². The molecule has 0 aliphatic heterocycles. The number of oxazole rings is 1. The fraction of sp³-hybridized carbons (Fsp3) is 0.188. The number of benzene rings is 2. The molecule has 0 spiro atoms. The van der Waals surface area contributed by atoms with Gasteiger partial charge in [0.25, 0.3) is 0 Å². The average molecular weight is 346 g/mol. The van der Waals surface area contributed by atoms with Crippen LogP contribution in [0.4, 0.5) is 5.69 Å². The van der Waals surface area contributed by atoms with Crippen LogP contribution >= 0.6 is 15.9 Å². The van der Waals surface area contributed by atoms with Crippen LogP contribution in [0.25, 0.3) is 11.1 Å².